The van der Waals surface area contributed by atoms with Crippen LogP contribution in [0.1, 0.15) is 17.7 Å². The minimum Gasteiger partial charge on any atom is -0.496 e. The molecule has 25 heavy (non-hydrogen) atoms. The van der Waals surface area contributed by atoms with Gasteiger partial charge in [-0.2, -0.15) is 4.31 Å². The Morgan fingerprint density at radius 1 is 1.24 bits per heavy atom. The summed E-state index contributed by atoms with van der Waals surface area (Å²) in [6.07, 6.45) is 2.65. The lowest BCUT2D eigenvalue weighted by molar-refractivity contribution is -0.121. The molecule has 1 aromatic carbocycles. The summed E-state index contributed by atoms with van der Waals surface area (Å²) in [7, 11) is -1.87. The van der Waals surface area contributed by atoms with E-state index >= 15 is 0 Å². The Hall–Kier alpha value is -2.32. The molecular weight excluding hydrogens is 344 g/mol. The summed E-state index contributed by atoms with van der Waals surface area (Å²) in [4.78, 5) is 12.1. The molecule has 1 amide bonds. The van der Waals surface area contributed by atoms with Gasteiger partial charge in [0.25, 0.3) is 0 Å². The predicted molar refractivity (Wildman–Crippen MR) is 93.4 cm³/mol. The normalized spacial score (nSPS) is 11.5. The largest absolute Gasteiger partial charge is 0.496 e. The van der Waals surface area contributed by atoms with E-state index in [0.717, 1.165) is 11.8 Å². The molecule has 0 aliphatic carbocycles. The average Bonchev–Trinajstić information content (AvgIpc) is 3.09. The summed E-state index contributed by atoms with van der Waals surface area (Å²) in [5.74, 6) is 0.984. The molecule has 0 fully saturated rings. The minimum absolute atomic E-state index is 0.0585. The van der Waals surface area contributed by atoms with Crippen LogP contribution in [0.5, 0.6) is 5.75 Å². The number of para-hydroxylation sites is 1. The van der Waals surface area contributed by atoms with Crippen molar-refractivity contribution >= 4 is 15.9 Å². The van der Waals surface area contributed by atoms with Crippen molar-refractivity contribution in [2.75, 3.05) is 19.9 Å². The number of methoxy groups -OCH3 is 1. The summed E-state index contributed by atoms with van der Waals surface area (Å²) < 4.78 is 35.4. The number of hydrogen-bond donors (Lipinski definition) is 1. The Morgan fingerprint density at radius 3 is 2.64 bits per heavy atom. The first-order chi connectivity index (χ1) is 11.9. The highest BCUT2D eigenvalue weighted by Gasteiger charge is 2.19. The van der Waals surface area contributed by atoms with Gasteiger partial charge >= 0.3 is 0 Å². The molecule has 1 aromatic heterocycles. The standard InChI is InChI=1S/C17H22N2O5S/c1-23-16-8-4-3-6-14(16)12-18-17(20)9-10-19(25(2,21)22)13-15-7-5-11-24-15/h3-8,11H,9-10,12-13H2,1-2H3,(H,18,20). The number of sulfonamides is 1. The van der Waals surface area contributed by atoms with E-state index in [2.05, 4.69) is 5.32 Å². The molecule has 2 rings (SSSR count). The second-order valence-electron chi connectivity index (χ2n) is 5.51. The van der Waals surface area contributed by atoms with E-state index < -0.39 is 10.0 Å². The van der Waals surface area contributed by atoms with E-state index in [1.807, 2.05) is 24.3 Å². The van der Waals surface area contributed by atoms with Gasteiger partial charge in [0, 0.05) is 25.1 Å². The van der Waals surface area contributed by atoms with Gasteiger partial charge in [0.2, 0.25) is 15.9 Å². The Kier molecular flexibility index (Phi) is 6.60. The van der Waals surface area contributed by atoms with E-state index in [4.69, 9.17) is 9.15 Å². The summed E-state index contributed by atoms with van der Waals surface area (Å²) >= 11 is 0. The second kappa shape index (κ2) is 8.68. The molecule has 0 saturated heterocycles. The quantitative estimate of drug-likeness (QED) is 0.730. The number of carbonyl (C=O) groups is 1. The smallest absolute Gasteiger partial charge is 0.221 e. The Morgan fingerprint density at radius 2 is 2.00 bits per heavy atom. The highest BCUT2D eigenvalue weighted by Crippen LogP contribution is 2.16. The van der Waals surface area contributed by atoms with Crippen LogP contribution in [0.3, 0.4) is 0 Å². The maximum absolute atomic E-state index is 12.1. The van der Waals surface area contributed by atoms with Gasteiger partial charge < -0.3 is 14.5 Å². The lowest BCUT2D eigenvalue weighted by Crippen LogP contribution is -2.34. The fraction of sp³-hybridized carbons (Fsp3) is 0.353. The third-order valence-corrected chi connectivity index (χ3v) is 4.89. The number of amides is 1. The number of ether oxygens (including phenoxy) is 1. The van der Waals surface area contributed by atoms with Crippen LogP contribution >= 0.6 is 0 Å². The maximum atomic E-state index is 12.1. The van der Waals surface area contributed by atoms with Gasteiger partial charge in [-0.3, -0.25) is 4.79 Å². The predicted octanol–water partition coefficient (Wildman–Crippen LogP) is 1.76. The van der Waals surface area contributed by atoms with Crippen molar-refractivity contribution in [1.82, 2.24) is 9.62 Å². The second-order valence-corrected chi connectivity index (χ2v) is 7.50. The van der Waals surface area contributed by atoms with Gasteiger partial charge in [-0.1, -0.05) is 18.2 Å². The number of hydrogen-bond acceptors (Lipinski definition) is 5. The number of furan rings is 1. The van der Waals surface area contributed by atoms with Crippen molar-refractivity contribution in [3.05, 3.63) is 54.0 Å². The van der Waals surface area contributed by atoms with Crippen LogP contribution in [-0.2, 0) is 27.9 Å². The Balaban J connectivity index is 1.88. The van der Waals surface area contributed by atoms with Crippen LogP contribution in [0, 0.1) is 0 Å². The summed E-state index contributed by atoms with van der Waals surface area (Å²) in [6.45, 7) is 0.503. The highest BCUT2D eigenvalue weighted by molar-refractivity contribution is 7.88. The van der Waals surface area contributed by atoms with Crippen molar-refractivity contribution in [3.63, 3.8) is 0 Å². The van der Waals surface area contributed by atoms with Crippen LogP contribution in [0.2, 0.25) is 0 Å². The maximum Gasteiger partial charge on any atom is 0.221 e. The van der Waals surface area contributed by atoms with E-state index in [1.54, 1.807) is 19.2 Å². The Labute approximate surface area is 147 Å². The van der Waals surface area contributed by atoms with Crippen LogP contribution in [0.4, 0.5) is 0 Å². The number of nitrogens with one attached hydrogen (secondary N) is 1. The lowest BCUT2D eigenvalue weighted by atomic mass is 10.2. The molecule has 136 valence electrons. The Bertz CT molecular complexity index is 787. The molecule has 0 aliphatic heterocycles. The first-order valence-corrected chi connectivity index (χ1v) is 9.61. The number of rotatable bonds is 9. The van der Waals surface area contributed by atoms with Crippen molar-refractivity contribution in [1.29, 1.82) is 0 Å². The zero-order valence-electron chi connectivity index (χ0n) is 14.3. The van der Waals surface area contributed by atoms with Crippen molar-refractivity contribution in [3.8, 4) is 5.75 Å². The number of benzene rings is 1. The molecule has 8 heteroatoms. The molecule has 0 spiro atoms. The fourth-order valence-corrected chi connectivity index (χ4v) is 3.08. The van der Waals surface area contributed by atoms with Crippen LogP contribution in [-0.4, -0.2) is 38.5 Å². The molecule has 2 aromatic rings. The summed E-state index contributed by atoms with van der Waals surface area (Å²) in [5, 5.41) is 2.78. The van der Waals surface area contributed by atoms with Gasteiger partial charge in [0.05, 0.1) is 26.2 Å². The molecule has 1 N–H and O–H groups in total. The van der Waals surface area contributed by atoms with Gasteiger partial charge in [-0.25, -0.2) is 8.42 Å². The molecule has 0 atom stereocenters. The average molecular weight is 366 g/mol. The molecular formula is C17H22N2O5S. The molecule has 0 aliphatic rings. The SMILES string of the molecule is COc1ccccc1CNC(=O)CCN(Cc1ccco1)S(C)(=O)=O. The highest BCUT2D eigenvalue weighted by atomic mass is 32.2. The summed E-state index contributed by atoms with van der Waals surface area (Å²) in [5.41, 5.74) is 0.855. The monoisotopic (exact) mass is 366 g/mol. The summed E-state index contributed by atoms with van der Waals surface area (Å²) in [6, 6.07) is 10.8. The molecule has 0 radical (unpaired) electrons. The third-order valence-electron chi connectivity index (χ3n) is 3.64. The van der Waals surface area contributed by atoms with E-state index in [9.17, 15) is 13.2 Å². The van der Waals surface area contributed by atoms with Crippen molar-refractivity contribution < 1.29 is 22.4 Å². The van der Waals surface area contributed by atoms with Crippen LogP contribution in [0.25, 0.3) is 0 Å². The van der Waals surface area contributed by atoms with Crippen molar-refractivity contribution in [2.24, 2.45) is 0 Å². The third kappa shape index (κ3) is 5.91. The zero-order valence-corrected chi connectivity index (χ0v) is 15.1. The fourth-order valence-electron chi connectivity index (χ4n) is 2.30. The molecule has 0 unspecified atom stereocenters. The topological polar surface area (TPSA) is 88.8 Å². The van der Waals surface area contributed by atoms with Gasteiger partial charge in [-0.15, -0.1) is 0 Å². The number of carbonyl (C=O) groups excluding carboxylic acids is 1. The van der Waals surface area contributed by atoms with E-state index in [1.165, 1.54) is 10.6 Å². The van der Waals surface area contributed by atoms with Crippen molar-refractivity contribution in [2.45, 2.75) is 19.5 Å². The van der Waals surface area contributed by atoms with Gasteiger partial charge in [0.15, 0.2) is 0 Å². The van der Waals surface area contributed by atoms with Crippen LogP contribution < -0.4 is 10.1 Å². The van der Waals surface area contributed by atoms with Gasteiger partial charge in [-0.05, 0) is 18.2 Å². The molecule has 0 saturated carbocycles. The molecule has 1 heterocycles. The first kappa shape index (κ1) is 19.0. The minimum atomic E-state index is -3.44. The molecule has 0 bridgehead atoms. The zero-order chi connectivity index (χ0) is 18.3. The lowest BCUT2D eigenvalue weighted by Gasteiger charge is -2.18. The molecule has 7 nitrogen and oxygen atoms in total. The number of nitrogens with zero attached hydrogens (tertiary/aromatic N) is 1. The van der Waals surface area contributed by atoms with Gasteiger partial charge in [0.1, 0.15) is 11.5 Å². The van der Waals surface area contributed by atoms with Crippen LogP contribution in [0.15, 0.2) is 47.1 Å². The van der Waals surface area contributed by atoms with E-state index in [0.29, 0.717) is 18.1 Å². The first-order valence-electron chi connectivity index (χ1n) is 7.76. The van der Waals surface area contributed by atoms with E-state index in [-0.39, 0.29) is 25.4 Å².